The summed E-state index contributed by atoms with van der Waals surface area (Å²) in [5.41, 5.74) is 0. The van der Waals surface area contributed by atoms with Crippen molar-refractivity contribution >= 4 is 34.0 Å². The van der Waals surface area contributed by atoms with Crippen LogP contribution in [-0.4, -0.2) is 13.2 Å². The van der Waals surface area contributed by atoms with E-state index in [9.17, 15) is 0 Å². The van der Waals surface area contributed by atoms with Crippen molar-refractivity contribution < 1.29 is 4.74 Å². The van der Waals surface area contributed by atoms with Crippen LogP contribution in [0.15, 0.2) is 68.7 Å². The molecule has 1 saturated heterocycles. The van der Waals surface area contributed by atoms with Crippen molar-refractivity contribution in [3.8, 4) is 0 Å². The number of ether oxygens (including phenoxy) is 1. The summed E-state index contributed by atoms with van der Waals surface area (Å²) >= 11 is 5.14. The molecule has 4 heterocycles. The van der Waals surface area contributed by atoms with Gasteiger partial charge in [-0.25, -0.2) is 0 Å². The minimum atomic E-state index is 1.00. The lowest BCUT2D eigenvalue weighted by Crippen LogP contribution is -1.74. The quantitative estimate of drug-likeness (QED) is 0.490. The molecule has 0 aromatic carbocycles. The summed E-state index contributed by atoms with van der Waals surface area (Å²) in [6.07, 6.45) is 2.56. The van der Waals surface area contributed by atoms with Crippen LogP contribution in [-0.2, 0) is 4.74 Å². The smallest absolute Gasteiger partial charge is 0.0466 e. The largest absolute Gasteiger partial charge is 0.381 e. The Kier molecular flexibility index (Phi) is 12.4. The molecule has 0 aliphatic carbocycles. The average molecular weight is 325 g/mol. The molecule has 1 nitrogen and oxygen atoms in total. The highest BCUT2D eigenvalue weighted by Gasteiger charge is 1.94. The van der Waals surface area contributed by atoms with E-state index >= 15 is 0 Å². The van der Waals surface area contributed by atoms with Gasteiger partial charge in [-0.15, -0.1) is 0 Å². The summed E-state index contributed by atoms with van der Waals surface area (Å²) in [4.78, 5) is 0. The SMILES string of the molecule is C1CCOC1.c1ccsc1.c1ccsc1.c1ccsc1. The maximum Gasteiger partial charge on any atom is 0.0466 e. The van der Waals surface area contributed by atoms with Gasteiger partial charge in [-0.05, 0) is 45.1 Å². The molecule has 0 atom stereocenters. The molecule has 4 rings (SSSR count). The molecular weight excluding hydrogens is 304 g/mol. The van der Waals surface area contributed by atoms with Gasteiger partial charge in [0.1, 0.15) is 0 Å². The van der Waals surface area contributed by atoms with Gasteiger partial charge in [0.15, 0.2) is 0 Å². The number of hydrogen-bond acceptors (Lipinski definition) is 4. The van der Waals surface area contributed by atoms with Gasteiger partial charge in [-0.1, -0.05) is 36.4 Å². The van der Waals surface area contributed by atoms with Gasteiger partial charge in [0.05, 0.1) is 0 Å². The molecule has 108 valence electrons. The fraction of sp³-hybridized carbons (Fsp3) is 0.250. The van der Waals surface area contributed by atoms with Crippen LogP contribution in [0.4, 0.5) is 0 Å². The Morgan fingerprint density at radius 2 is 0.800 bits per heavy atom. The molecule has 0 radical (unpaired) electrons. The van der Waals surface area contributed by atoms with Crippen molar-refractivity contribution in [2.45, 2.75) is 12.8 Å². The first-order valence-electron chi connectivity index (χ1n) is 6.49. The van der Waals surface area contributed by atoms with E-state index in [1.165, 1.54) is 12.8 Å². The second kappa shape index (κ2) is 14.5. The number of rotatable bonds is 0. The van der Waals surface area contributed by atoms with Gasteiger partial charge in [0.25, 0.3) is 0 Å². The Morgan fingerprint density at radius 3 is 0.900 bits per heavy atom. The molecule has 20 heavy (non-hydrogen) atoms. The highest BCUT2D eigenvalue weighted by atomic mass is 32.1. The Balaban J connectivity index is 0.000000133. The monoisotopic (exact) mass is 324 g/mol. The third-order valence-electron chi connectivity index (χ3n) is 2.10. The average Bonchev–Trinajstić information content (AvgIpc) is 3.40. The van der Waals surface area contributed by atoms with Gasteiger partial charge < -0.3 is 4.74 Å². The first kappa shape index (κ1) is 17.1. The topological polar surface area (TPSA) is 9.23 Å². The Morgan fingerprint density at radius 1 is 0.500 bits per heavy atom. The second-order valence-electron chi connectivity index (χ2n) is 3.70. The molecule has 0 spiro atoms. The van der Waals surface area contributed by atoms with Crippen LogP contribution in [0, 0.1) is 0 Å². The van der Waals surface area contributed by atoms with E-state index in [1.54, 1.807) is 34.0 Å². The summed E-state index contributed by atoms with van der Waals surface area (Å²) in [6, 6.07) is 12.1. The van der Waals surface area contributed by atoms with E-state index in [0.717, 1.165) is 13.2 Å². The first-order valence-corrected chi connectivity index (χ1v) is 9.32. The second-order valence-corrected chi connectivity index (χ2v) is 6.15. The molecule has 0 amide bonds. The summed E-state index contributed by atoms with van der Waals surface area (Å²) in [6.45, 7) is 2.00. The molecule has 1 aliphatic heterocycles. The molecule has 3 aromatic rings. The molecule has 1 fully saturated rings. The van der Waals surface area contributed by atoms with Crippen molar-refractivity contribution in [1.29, 1.82) is 0 Å². The van der Waals surface area contributed by atoms with E-state index in [-0.39, 0.29) is 0 Å². The van der Waals surface area contributed by atoms with Crippen LogP contribution >= 0.6 is 34.0 Å². The van der Waals surface area contributed by atoms with E-state index in [1.807, 2.05) is 68.7 Å². The summed E-state index contributed by atoms with van der Waals surface area (Å²) < 4.78 is 4.94. The Hall–Kier alpha value is -0.940. The lowest BCUT2D eigenvalue weighted by atomic mass is 10.4. The van der Waals surface area contributed by atoms with Gasteiger partial charge in [-0.2, -0.15) is 34.0 Å². The third kappa shape index (κ3) is 12.1. The standard InChI is InChI=1S/C4H8O.3C4H4S/c4*1-2-4-5-3-1/h1-4H2;3*1-4H. The minimum absolute atomic E-state index is 1.00. The van der Waals surface area contributed by atoms with Gasteiger partial charge in [0.2, 0.25) is 0 Å². The fourth-order valence-corrected chi connectivity index (χ4v) is 2.55. The molecule has 0 saturated carbocycles. The first-order chi connectivity index (χ1) is 10.0. The molecule has 0 bridgehead atoms. The molecule has 4 heteroatoms. The molecular formula is C16H20OS3. The van der Waals surface area contributed by atoms with Crippen LogP contribution in [0.3, 0.4) is 0 Å². The highest BCUT2D eigenvalue weighted by molar-refractivity contribution is 7.08. The van der Waals surface area contributed by atoms with Crippen LogP contribution in [0.2, 0.25) is 0 Å². The molecule has 0 N–H and O–H groups in total. The van der Waals surface area contributed by atoms with Crippen LogP contribution in [0.25, 0.3) is 0 Å². The Labute approximate surface area is 133 Å². The summed E-state index contributed by atoms with van der Waals surface area (Å²) in [7, 11) is 0. The summed E-state index contributed by atoms with van der Waals surface area (Å²) in [5.74, 6) is 0. The molecule has 0 unspecified atom stereocenters. The number of hydrogen-bond donors (Lipinski definition) is 0. The van der Waals surface area contributed by atoms with Crippen molar-refractivity contribution in [2.75, 3.05) is 13.2 Å². The van der Waals surface area contributed by atoms with E-state index in [2.05, 4.69) is 0 Å². The lowest BCUT2D eigenvalue weighted by Gasteiger charge is -1.76. The van der Waals surface area contributed by atoms with Crippen molar-refractivity contribution in [3.63, 3.8) is 0 Å². The van der Waals surface area contributed by atoms with Crippen molar-refractivity contribution in [3.05, 3.63) is 68.7 Å². The van der Waals surface area contributed by atoms with E-state index in [4.69, 9.17) is 4.74 Å². The molecule has 1 aliphatic rings. The van der Waals surface area contributed by atoms with Crippen molar-refractivity contribution in [2.24, 2.45) is 0 Å². The minimum Gasteiger partial charge on any atom is -0.381 e. The predicted molar refractivity (Wildman–Crippen MR) is 93.0 cm³/mol. The zero-order chi connectivity index (χ0) is 14.1. The van der Waals surface area contributed by atoms with E-state index in [0.29, 0.717) is 0 Å². The highest BCUT2D eigenvalue weighted by Crippen LogP contribution is 1.98. The van der Waals surface area contributed by atoms with E-state index < -0.39 is 0 Å². The van der Waals surface area contributed by atoms with Gasteiger partial charge in [-0.3, -0.25) is 0 Å². The third-order valence-corrected chi connectivity index (χ3v) is 3.99. The van der Waals surface area contributed by atoms with Gasteiger partial charge >= 0.3 is 0 Å². The van der Waals surface area contributed by atoms with Crippen LogP contribution in [0.1, 0.15) is 12.8 Å². The zero-order valence-electron chi connectivity index (χ0n) is 11.4. The molecule has 3 aromatic heterocycles. The van der Waals surface area contributed by atoms with Crippen LogP contribution in [0.5, 0.6) is 0 Å². The summed E-state index contributed by atoms with van der Waals surface area (Å²) in [5, 5.41) is 12.2. The maximum atomic E-state index is 4.94. The van der Waals surface area contributed by atoms with Crippen molar-refractivity contribution in [1.82, 2.24) is 0 Å². The maximum absolute atomic E-state index is 4.94. The fourth-order valence-electron chi connectivity index (χ4n) is 1.19. The van der Waals surface area contributed by atoms with Gasteiger partial charge in [0, 0.05) is 13.2 Å². The number of thiophene rings is 3. The Bertz CT molecular complexity index is 306. The lowest BCUT2D eigenvalue weighted by molar-refractivity contribution is 0.198. The zero-order valence-corrected chi connectivity index (χ0v) is 13.8. The van der Waals surface area contributed by atoms with Crippen LogP contribution < -0.4 is 0 Å². The normalized spacial score (nSPS) is 12.0. The predicted octanol–water partition coefficient (Wildman–Crippen LogP) is 6.04.